The number of amides is 1. The molecule has 1 fully saturated rings. The molecule has 0 bridgehead atoms. The summed E-state index contributed by atoms with van der Waals surface area (Å²) in [5.41, 5.74) is 1.70. The van der Waals surface area contributed by atoms with Gasteiger partial charge in [0.1, 0.15) is 0 Å². The Morgan fingerprint density at radius 1 is 1.11 bits per heavy atom. The highest BCUT2D eigenvalue weighted by atomic mass is 16.4. The number of hydrogen-bond acceptors (Lipinski definition) is 5. The van der Waals surface area contributed by atoms with Crippen LogP contribution in [0.5, 0.6) is 0 Å². The first-order chi connectivity index (χ1) is 13.4. The molecule has 8 heteroatoms. The summed E-state index contributed by atoms with van der Waals surface area (Å²) in [6.07, 6.45) is 3.38. The number of carbonyl (C=O) groups is 2. The summed E-state index contributed by atoms with van der Waals surface area (Å²) in [5, 5.41) is 19.1. The van der Waals surface area contributed by atoms with Crippen molar-refractivity contribution >= 4 is 17.6 Å². The molecule has 4 rings (SSSR count). The van der Waals surface area contributed by atoms with Crippen molar-refractivity contribution in [3.63, 3.8) is 0 Å². The van der Waals surface area contributed by atoms with Crippen molar-refractivity contribution in [3.05, 3.63) is 48.8 Å². The Bertz CT molecular complexity index is 1030. The number of benzene rings is 1. The van der Waals surface area contributed by atoms with Crippen molar-refractivity contribution < 1.29 is 14.7 Å². The van der Waals surface area contributed by atoms with E-state index in [0.29, 0.717) is 17.3 Å². The van der Waals surface area contributed by atoms with E-state index in [9.17, 15) is 14.7 Å². The van der Waals surface area contributed by atoms with Crippen LogP contribution in [0.25, 0.3) is 22.8 Å². The van der Waals surface area contributed by atoms with E-state index < -0.39 is 23.2 Å². The van der Waals surface area contributed by atoms with Crippen LogP contribution in [-0.4, -0.2) is 37.1 Å². The fraction of sp³-hybridized carbons (Fsp3) is 0.250. The fourth-order valence-corrected chi connectivity index (χ4v) is 3.53. The maximum absolute atomic E-state index is 12.4. The highest BCUT2D eigenvalue weighted by molar-refractivity contribution is 5.99. The Kier molecular flexibility index (Phi) is 4.18. The Morgan fingerprint density at radius 2 is 1.86 bits per heavy atom. The molecule has 1 aliphatic rings. The summed E-state index contributed by atoms with van der Waals surface area (Å²) in [4.78, 5) is 32.2. The highest BCUT2D eigenvalue weighted by Gasteiger charge is 2.65. The summed E-state index contributed by atoms with van der Waals surface area (Å²) >= 11 is 0. The maximum atomic E-state index is 12.4. The van der Waals surface area contributed by atoms with Crippen molar-refractivity contribution in [1.82, 2.24) is 20.2 Å². The smallest absolute Gasteiger partial charge is 0.307 e. The minimum atomic E-state index is -0.935. The number of hydrogen-bond donors (Lipinski definition) is 3. The Balaban J connectivity index is 1.46. The number of aliphatic carboxylic acids is 1. The van der Waals surface area contributed by atoms with Gasteiger partial charge in [0.15, 0.2) is 11.6 Å². The molecule has 0 unspecified atom stereocenters. The molecule has 1 saturated carbocycles. The predicted octanol–water partition coefficient (Wildman–Crippen LogP) is 2.83. The predicted molar refractivity (Wildman–Crippen MR) is 102 cm³/mol. The van der Waals surface area contributed by atoms with Gasteiger partial charge in [-0.2, -0.15) is 5.10 Å². The second kappa shape index (κ2) is 6.56. The average Bonchev–Trinajstić information content (AvgIpc) is 3.03. The number of aromatic amines is 1. The van der Waals surface area contributed by atoms with Crippen LogP contribution in [0, 0.1) is 17.3 Å². The Labute approximate surface area is 161 Å². The van der Waals surface area contributed by atoms with Crippen LogP contribution in [0.2, 0.25) is 0 Å². The summed E-state index contributed by atoms with van der Waals surface area (Å²) < 4.78 is 0. The minimum Gasteiger partial charge on any atom is -0.481 e. The fourth-order valence-electron chi connectivity index (χ4n) is 3.53. The standard InChI is InChI=1S/C20H19N5O3/c1-20(2)14(15(20)19(27)28)18(26)22-13-7-5-11(6-8-13)16-23-17(25-24-16)12-4-3-9-21-10-12/h3-10,14-15H,1-2H3,(H,22,26)(H,27,28)(H,23,24,25)/t14-,15-/m0/s1. The molecule has 3 N–H and O–H groups in total. The van der Waals surface area contributed by atoms with Crippen LogP contribution in [-0.2, 0) is 9.59 Å². The number of carbonyl (C=O) groups excluding carboxylic acids is 1. The van der Waals surface area contributed by atoms with Crippen LogP contribution in [0.4, 0.5) is 5.69 Å². The zero-order valence-corrected chi connectivity index (χ0v) is 15.4. The lowest BCUT2D eigenvalue weighted by molar-refractivity contribution is -0.140. The van der Waals surface area contributed by atoms with Gasteiger partial charge in [-0.3, -0.25) is 19.7 Å². The zero-order chi connectivity index (χ0) is 19.9. The van der Waals surface area contributed by atoms with Crippen molar-refractivity contribution in [2.45, 2.75) is 13.8 Å². The van der Waals surface area contributed by atoms with Gasteiger partial charge in [0.2, 0.25) is 5.91 Å². The third-order valence-electron chi connectivity index (χ3n) is 5.21. The molecule has 1 aromatic carbocycles. The van der Waals surface area contributed by atoms with Crippen LogP contribution < -0.4 is 5.32 Å². The monoisotopic (exact) mass is 377 g/mol. The zero-order valence-electron chi connectivity index (χ0n) is 15.4. The minimum absolute atomic E-state index is 0.274. The number of nitrogens with zero attached hydrogens (tertiary/aromatic N) is 3. The molecular weight excluding hydrogens is 358 g/mol. The van der Waals surface area contributed by atoms with E-state index in [0.717, 1.165) is 11.1 Å². The summed E-state index contributed by atoms with van der Waals surface area (Å²) in [6, 6.07) is 10.8. The maximum Gasteiger partial charge on any atom is 0.307 e. The number of aromatic nitrogens is 4. The van der Waals surface area contributed by atoms with Gasteiger partial charge in [-0.1, -0.05) is 13.8 Å². The van der Waals surface area contributed by atoms with Gasteiger partial charge >= 0.3 is 5.97 Å². The molecule has 0 aliphatic heterocycles. The number of anilines is 1. The Morgan fingerprint density at radius 3 is 2.46 bits per heavy atom. The summed E-state index contributed by atoms with van der Waals surface area (Å²) in [6.45, 7) is 3.59. The SMILES string of the molecule is CC1(C)[C@H](C(=O)O)[C@H]1C(=O)Nc1ccc(-c2nc(-c3cccnc3)n[nH]2)cc1. The second-order valence-electron chi connectivity index (χ2n) is 7.43. The molecular formula is C20H19N5O3. The summed E-state index contributed by atoms with van der Waals surface area (Å²) in [7, 11) is 0. The number of carboxylic acid groups (broad SMARTS) is 1. The molecule has 28 heavy (non-hydrogen) atoms. The number of H-pyrrole nitrogens is 1. The number of rotatable bonds is 5. The normalized spacial score (nSPS) is 19.8. The first kappa shape index (κ1) is 17.8. The van der Waals surface area contributed by atoms with Crippen molar-refractivity contribution in [3.8, 4) is 22.8 Å². The molecule has 2 atom stereocenters. The topological polar surface area (TPSA) is 121 Å². The van der Waals surface area contributed by atoms with E-state index in [1.807, 2.05) is 24.3 Å². The Hall–Kier alpha value is -3.55. The van der Waals surface area contributed by atoms with Gasteiger partial charge in [-0.25, -0.2) is 4.98 Å². The molecule has 3 aromatic rings. The third kappa shape index (κ3) is 3.13. The number of carboxylic acids is 1. The van der Waals surface area contributed by atoms with Crippen LogP contribution in [0.3, 0.4) is 0 Å². The van der Waals surface area contributed by atoms with E-state index in [2.05, 4.69) is 25.5 Å². The van der Waals surface area contributed by atoms with Crippen molar-refractivity contribution in [2.24, 2.45) is 17.3 Å². The molecule has 1 amide bonds. The number of pyridine rings is 1. The lowest BCUT2D eigenvalue weighted by Crippen LogP contribution is -2.17. The molecule has 0 saturated heterocycles. The molecule has 8 nitrogen and oxygen atoms in total. The lowest BCUT2D eigenvalue weighted by Gasteiger charge is -2.06. The van der Waals surface area contributed by atoms with Gasteiger partial charge in [0, 0.05) is 29.2 Å². The van der Waals surface area contributed by atoms with E-state index in [1.165, 1.54) is 0 Å². The third-order valence-corrected chi connectivity index (χ3v) is 5.21. The average molecular weight is 377 g/mol. The number of nitrogens with one attached hydrogen (secondary N) is 2. The van der Waals surface area contributed by atoms with Crippen molar-refractivity contribution in [2.75, 3.05) is 5.32 Å². The van der Waals surface area contributed by atoms with Gasteiger partial charge in [0.25, 0.3) is 0 Å². The summed E-state index contributed by atoms with van der Waals surface area (Å²) in [5.74, 6) is -1.23. The largest absolute Gasteiger partial charge is 0.481 e. The van der Waals surface area contributed by atoms with Gasteiger partial charge in [-0.15, -0.1) is 0 Å². The second-order valence-corrected chi connectivity index (χ2v) is 7.43. The van der Waals surface area contributed by atoms with E-state index in [4.69, 9.17) is 0 Å². The molecule has 2 aromatic heterocycles. The van der Waals surface area contributed by atoms with E-state index >= 15 is 0 Å². The van der Waals surface area contributed by atoms with E-state index in [1.54, 1.807) is 38.4 Å². The van der Waals surface area contributed by atoms with Gasteiger partial charge < -0.3 is 10.4 Å². The quantitative estimate of drug-likeness (QED) is 0.629. The van der Waals surface area contributed by atoms with Gasteiger partial charge in [0.05, 0.1) is 11.8 Å². The molecule has 0 spiro atoms. The van der Waals surface area contributed by atoms with Crippen LogP contribution in [0.15, 0.2) is 48.8 Å². The molecule has 142 valence electrons. The lowest BCUT2D eigenvalue weighted by atomic mass is 10.1. The molecule has 0 radical (unpaired) electrons. The van der Waals surface area contributed by atoms with Crippen LogP contribution >= 0.6 is 0 Å². The van der Waals surface area contributed by atoms with Crippen molar-refractivity contribution in [1.29, 1.82) is 0 Å². The van der Waals surface area contributed by atoms with Gasteiger partial charge in [-0.05, 0) is 41.8 Å². The first-order valence-corrected chi connectivity index (χ1v) is 8.85. The van der Waals surface area contributed by atoms with E-state index in [-0.39, 0.29) is 5.91 Å². The molecule has 1 aliphatic carbocycles. The molecule has 2 heterocycles. The van der Waals surface area contributed by atoms with Crippen LogP contribution in [0.1, 0.15) is 13.8 Å². The first-order valence-electron chi connectivity index (χ1n) is 8.85. The highest BCUT2D eigenvalue weighted by Crippen LogP contribution is 2.58.